The fourth-order valence-corrected chi connectivity index (χ4v) is 1.20. The second kappa shape index (κ2) is 1.75. The van der Waals surface area contributed by atoms with Gasteiger partial charge in [0.2, 0.25) is 0 Å². The van der Waals surface area contributed by atoms with E-state index in [2.05, 4.69) is 13.1 Å². The van der Waals surface area contributed by atoms with E-state index in [1.807, 2.05) is 16.3 Å². The van der Waals surface area contributed by atoms with E-state index in [0.717, 1.165) is 12.4 Å². The van der Waals surface area contributed by atoms with E-state index >= 15 is 0 Å². The SMILES string of the molecule is CCCc1c[n+](C)c2n1O2. The van der Waals surface area contributed by atoms with Crippen LogP contribution < -0.4 is 9.40 Å². The van der Waals surface area contributed by atoms with E-state index in [1.165, 1.54) is 12.1 Å². The molecule has 10 heavy (non-hydrogen) atoms. The average Bonchev–Trinajstić information content (AvgIpc) is 2.59. The molecule has 2 heterocycles. The van der Waals surface area contributed by atoms with Gasteiger partial charge in [0.25, 0.3) is 0 Å². The predicted molar refractivity (Wildman–Crippen MR) is 35.6 cm³/mol. The van der Waals surface area contributed by atoms with Gasteiger partial charge in [-0.3, -0.25) is 0 Å². The number of fused-ring (bicyclic) bond motifs is 1. The summed E-state index contributed by atoms with van der Waals surface area (Å²) in [7, 11) is 2.00. The topological polar surface area (TPSA) is 21.3 Å². The molecule has 0 N–H and O–H groups in total. The van der Waals surface area contributed by atoms with Crippen LogP contribution in [0.3, 0.4) is 0 Å². The molecule has 0 radical (unpaired) electrons. The molecule has 1 aliphatic rings. The standard InChI is InChI=1S/C7H11N2O/c1-3-4-6-5-8(2)7-9(6)10-7/h5H,3-4H2,1-2H3/q+1. The summed E-state index contributed by atoms with van der Waals surface area (Å²) in [5, 5.41) is 0. The molecule has 3 heteroatoms. The molecule has 0 aliphatic carbocycles. The molecule has 54 valence electrons. The fourth-order valence-electron chi connectivity index (χ4n) is 1.20. The average molecular weight is 139 g/mol. The number of imidazole rings is 1. The number of hydrogen-bond acceptors (Lipinski definition) is 1. The Morgan fingerprint density at radius 2 is 2.50 bits per heavy atom. The second-order valence-electron chi connectivity index (χ2n) is 2.65. The Kier molecular flexibility index (Phi) is 1.01. The molecular formula is C7H11N2O+. The summed E-state index contributed by atoms with van der Waals surface area (Å²) in [6.07, 6.45) is 4.39. The zero-order chi connectivity index (χ0) is 7.14. The summed E-state index contributed by atoms with van der Waals surface area (Å²) in [4.78, 5) is 5.14. The summed E-state index contributed by atoms with van der Waals surface area (Å²) in [6, 6.07) is 0.975. The molecule has 0 unspecified atom stereocenters. The highest BCUT2D eigenvalue weighted by Crippen LogP contribution is 2.22. The van der Waals surface area contributed by atoms with Gasteiger partial charge in [0.1, 0.15) is 6.20 Å². The maximum Gasteiger partial charge on any atom is 0.539 e. The molecule has 1 aliphatic heterocycles. The minimum atomic E-state index is 0.975. The molecule has 0 amide bonds. The lowest BCUT2D eigenvalue weighted by Crippen LogP contribution is -2.23. The summed E-state index contributed by atoms with van der Waals surface area (Å²) < 4.78 is 3.88. The van der Waals surface area contributed by atoms with Gasteiger partial charge in [0.15, 0.2) is 5.69 Å². The van der Waals surface area contributed by atoms with Crippen LogP contribution in [0.1, 0.15) is 19.0 Å². The first kappa shape index (κ1) is 5.77. The van der Waals surface area contributed by atoms with E-state index in [9.17, 15) is 0 Å². The lowest BCUT2D eigenvalue weighted by atomic mass is 10.3. The maximum absolute atomic E-state index is 5.14. The number of rotatable bonds is 2. The lowest BCUT2D eigenvalue weighted by molar-refractivity contribution is -0.666. The van der Waals surface area contributed by atoms with Crippen LogP contribution in [-0.4, -0.2) is 4.73 Å². The molecule has 2 rings (SSSR count). The highest BCUT2D eigenvalue weighted by atomic mass is 16.8. The zero-order valence-electron chi connectivity index (χ0n) is 6.29. The zero-order valence-corrected chi connectivity index (χ0v) is 6.29. The third kappa shape index (κ3) is 0.632. The molecule has 1 aromatic heterocycles. The van der Waals surface area contributed by atoms with Crippen molar-refractivity contribution in [2.24, 2.45) is 7.05 Å². The molecule has 0 spiro atoms. The summed E-state index contributed by atoms with van der Waals surface area (Å²) in [6.45, 7) is 2.17. The van der Waals surface area contributed by atoms with Gasteiger partial charge < -0.3 is 0 Å². The van der Waals surface area contributed by atoms with Gasteiger partial charge in [0, 0.05) is 11.2 Å². The fraction of sp³-hybridized carbons (Fsp3) is 0.571. The Bertz CT molecular complexity index is 265. The van der Waals surface area contributed by atoms with Gasteiger partial charge in [-0.2, -0.15) is 4.57 Å². The molecule has 0 aromatic carbocycles. The van der Waals surface area contributed by atoms with Crippen molar-refractivity contribution < 1.29 is 9.40 Å². The Labute approximate surface area is 59.8 Å². The normalized spacial score (nSPS) is 12.6. The summed E-state index contributed by atoms with van der Waals surface area (Å²) in [5.41, 5.74) is 1.28. The van der Waals surface area contributed by atoms with E-state index in [4.69, 9.17) is 4.84 Å². The molecule has 0 atom stereocenters. The number of hydrogen-bond donors (Lipinski definition) is 0. The number of aryl methyl sites for hydroxylation is 2. The Morgan fingerprint density at radius 1 is 1.70 bits per heavy atom. The smallest absolute Gasteiger partial charge is 0.204 e. The van der Waals surface area contributed by atoms with Crippen LogP contribution >= 0.6 is 0 Å². The van der Waals surface area contributed by atoms with Crippen molar-refractivity contribution in [2.45, 2.75) is 19.8 Å². The molecule has 3 nitrogen and oxygen atoms in total. The monoisotopic (exact) mass is 139 g/mol. The molecule has 0 fully saturated rings. The predicted octanol–water partition coefficient (Wildman–Crippen LogP) is 0.421. The van der Waals surface area contributed by atoms with Gasteiger partial charge in [-0.25, -0.2) is 4.84 Å². The molecule has 0 saturated carbocycles. The van der Waals surface area contributed by atoms with E-state index in [-0.39, 0.29) is 0 Å². The molecule has 0 bridgehead atoms. The van der Waals surface area contributed by atoms with Crippen molar-refractivity contribution >= 4 is 0 Å². The highest BCUT2D eigenvalue weighted by molar-refractivity contribution is 5.09. The van der Waals surface area contributed by atoms with Crippen molar-refractivity contribution in [2.75, 3.05) is 0 Å². The Balaban J connectivity index is 2.29. The summed E-state index contributed by atoms with van der Waals surface area (Å²) in [5.74, 6) is 0. The van der Waals surface area contributed by atoms with Crippen LogP contribution in [0.2, 0.25) is 0 Å². The van der Waals surface area contributed by atoms with Crippen LogP contribution in [-0.2, 0) is 13.5 Å². The lowest BCUT2D eigenvalue weighted by Gasteiger charge is -1.84. The Morgan fingerprint density at radius 3 is 2.90 bits per heavy atom. The minimum absolute atomic E-state index is 0.975. The molecule has 1 aromatic rings. The van der Waals surface area contributed by atoms with Gasteiger partial charge in [-0.15, -0.1) is 0 Å². The quantitative estimate of drug-likeness (QED) is 0.436. The highest BCUT2D eigenvalue weighted by Gasteiger charge is 2.40. The van der Waals surface area contributed by atoms with Gasteiger partial charge >= 0.3 is 6.01 Å². The van der Waals surface area contributed by atoms with Crippen molar-refractivity contribution in [3.8, 4) is 6.01 Å². The second-order valence-corrected chi connectivity index (χ2v) is 2.65. The summed E-state index contributed by atoms with van der Waals surface area (Å²) >= 11 is 0. The first-order chi connectivity index (χ1) is 4.83. The molecule has 0 saturated heterocycles. The molecular weight excluding hydrogens is 128 g/mol. The van der Waals surface area contributed by atoms with Crippen molar-refractivity contribution in [3.63, 3.8) is 0 Å². The first-order valence-corrected chi connectivity index (χ1v) is 3.61. The third-order valence-corrected chi connectivity index (χ3v) is 1.73. The third-order valence-electron chi connectivity index (χ3n) is 1.73. The first-order valence-electron chi connectivity index (χ1n) is 3.61. The van der Waals surface area contributed by atoms with Gasteiger partial charge in [-0.05, 0) is 6.42 Å². The van der Waals surface area contributed by atoms with Crippen molar-refractivity contribution in [3.05, 3.63) is 11.9 Å². The van der Waals surface area contributed by atoms with E-state index < -0.39 is 0 Å². The van der Waals surface area contributed by atoms with Crippen LogP contribution in [0.15, 0.2) is 6.20 Å². The van der Waals surface area contributed by atoms with Crippen LogP contribution in [0.4, 0.5) is 0 Å². The van der Waals surface area contributed by atoms with Gasteiger partial charge in [-0.1, -0.05) is 6.92 Å². The van der Waals surface area contributed by atoms with Gasteiger partial charge in [0.05, 0.1) is 7.05 Å². The van der Waals surface area contributed by atoms with Crippen LogP contribution in [0.25, 0.3) is 0 Å². The van der Waals surface area contributed by atoms with Crippen molar-refractivity contribution in [1.29, 1.82) is 0 Å². The van der Waals surface area contributed by atoms with Crippen LogP contribution in [0.5, 0.6) is 6.01 Å². The van der Waals surface area contributed by atoms with Crippen molar-refractivity contribution in [1.82, 2.24) is 4.73 Å². The van der Waals surface area contributed by atoms with E-state index in [0.29, 0.717) is 0 Å². The maximum atomic E-state index is 5.14. The number of aromatic nitrogens is 2. The minimum Gasteiger partial charge on any atom is -0.204 e. The van der Waals surface area contributed by atoms with E-state index in [1.54, 1.807) is 0 Å². The number of nitrogens with zero attached hydrogens (tertiary/aromatic N) is 2. The Hall–Kier alpha value is -0.990. The largest absolute Gasteiger partial charge is 0.539 e. The van der Waals surface area contributed by atoms with Crippen LogP contribution in [0, 0.1) is 0 Å².